The van der Waals surface area contributed by atoms with Crippen LogP contribution in [0.3, 0.4) is 0 Å². The summed E-state index contributed by atoms with van der Waals surface area (Å²) in [6.07, 6.45) is 5.28. The second-order valence-corrected chi connectivity index (χ2v) is 9.04. The first-order chi connectivity index (χ1) is 12.6. The number of nitriles is 1. The summed E-state index contributed by atoms with van der Waals surface area (Å²) in [4.78, 5) is 2.41. The average Bonchev–Trinajstić information content (AvgIpc) is 3.21. The third kappa shape index (κ3) is 4.09. The first-order valence-electron chi connectivity index (χ1n) is 9.30. The molecule has 142 valence electrons. The molecule has 1 heterocycles. The number of benzene rings is 1. The first-order valence-corrected chi connectivity index (χ1v) is 10.7. The molecule has 1 saturated heterocycles. The van der Waals surface area contributed by atoms with Crippen molar-refractivity contribution in [1.82, 2.24) is 9.21 Å². The standard InChI is InChI=1S/C19H27N3O3S/c1-25-18(16-6-2-3-7-16)15-21-10-12-22(13-11-21)26(23,24)19-9-5-4-8-17(19)14-20/h4-5,8-9,16,18H,2-3,6-7,10-13,15H2,1H3. The Morgan fingerprint density at radius 3 is 2.46 bits per heavy atom. The third-order valence-corrected chi connectivity index (χ3v) is 7.58. The van der Waals surface area contributed by atoms with Crippen LogP contribution in [0.1, 0.15) is 31.2 Å². The van der Waals surface area contributed by atoms with E-state index in [4.69, 9.17) is 4.74 Å². The van der Waals surface area contributed by atoms with Crippen molar-refractivity contribution in [3.05, 3.63) is 29.8 Å². The fraction of sp³-hybridized carbons (Fsp3) is 0.632. The Morgan fingerprint density at radius 2 is 1.85 bits per heavy atom. The molecule has 0 N–H and O–H groups in total. The highest BCUT2D eigenvalue weighted by Crippen LogP contribution is 2.30. The number of hydrogen-bond acceptors (Lipinski definition) is 5. The van der Waals surface area contributed by atoms with E-state index in [-0.39, 0.29) is 16.6 Å². The van der Waals surface area contributed by atoms with Crippen LogP contribution in [0.25, 0.3) is 0 Å². The normalized spacial score (nSPS) is 21.5. The van der Waals surface area contributed by atoms with Crippen LogP contribution < -0.4 is 0 Å². The minimum atomic E-state index is -3.62. The molecule has 1 aliphatic heterocycles. The fourth-order valence-corrected chi connectivity index (χ4v) is 5.64. The van der Waals surface area contributed by atoms with Crippen molar-refractivity contribution in [3.8, 4) is 6.07 Å². The van der Waals surface area contributed by atoms with Crippen LogP contribution in [0.2, 0.25) is 0 Å². The van der Waals surface area contributed by atoms with Crippen LogP contribution >= 0.6 is 0 Å². The van der Waals surface area contributed by atoms with E-state index >= 15 is 0 Å². The van der Waals surface area contributed by atoms with Crippen molar-refractivity contribution < 1.29 is 13.2 Å². The van der Waals surface area contributed by atoms with Gasteiger partial charge in [-0.1, -0.05) is 25.0 Å². The molecule has 2 fully saturated rings. The van der Waals surface area contributed by atoms with E-state index in [0.29, 0.717) is 32.1 Å². The van der Waals surface area contributed by atoms with Gasteiger partial charge >= 0.3 is 0 Å². The van der Waals surface area contributed by atoms with Gasteiger partial charge in [0.1, 0.15) is 6.07 Å². The van der Waals surface area contributed by atoms with Crippen LogP contribution in [0.15, 0.2) is 29.2 Å². The van der Waals surface area contributed by atoms with E-state index in [0.717, 1.165) is 6.54 Å². The molecular formula is C19H27N3O3S. The highest BCUT2D eigenvalue weighted by atomic mass is 32.2. The van der Waals surface area contributed by atoms with Gasteiger partial charge in [0.2, 0.25) is 10.0 Å². The molecule has 26 heavy (non-hydrogen) atoms. The zero-order chi connectivity index (χ0) is 18.6. The number of sulfonamides is 1. The molecule has 6 nitrogen and oxygen atoms in total. The zero-order valence-electron chi connectivity index (χ0n) is 15.3. The van der Waals surface area contributed by atoms with Crippen LogP contribution in [0.5, 0.6) is 0 Å². The van der Waals surface area contributed by atoms with Gasteiger partial charge in [-0.3, -0.25) is 4.90 Å². The van der Waals surface area contributed by atoms with Gasteiger partial charge in [0, 0.05) is 39.8 Å². The van der Waals surface area contributed by atoms with E-state index < -0.39 is 10.0 Å². The van der Waals surface area contributed by atoms with Gasteiger partial charge in [-0.25, -0.2) is 8.42 Å². The second kappa shape index (κ2) is 8.49. The molecule has 3 rings (SSSR count). The lowest BCUT2D eigenvalue weighted by molar-refractivity contribution is 0.0163. The molecule has 0 aromatic heterocycles. The molecule has 1 aromatic rings. The number of nitrogens with zero attached hydrogens (tertiary/aromatic N) is 3. The molecule has 2 aliphatic rings. The molecule has 1 unspecified atom stereocenters. The van der Waals surface area contributed by atoms with Crippen LogP contribution in [-0.4, -0.2) is 63.6 Å². The van der Waals surface area contributed by atoms with Crippen molar-refractivity contribution in [2.24, 2.45) is 5.92 Å². The smallest absolute Gasteiger partial charge is 0.244 e. The summed E-state index contributed by atoms with van der Waals surface area (Å²) < 4.78 is 33.0. The van der Waals surface area contributed by atoms with E-state index in [1.165, 1.54) is 36.1 Å². The monoisotopic (exact) mass is 377 g/mol. The Bertz CT molecular complexity index is 746. The van der Waals surface area contributed by atoms with Gasteiger partial charge in [-0.2, -0.15) is 9.57 Å². The molecule has 0 spiro atoms. The number of piperazine rings is 1. The lowest BCUT2D eigenvalue weighted by Gasteiger charge is -2.36. The molecule has 1 saturated carbocycles. The Kier molecular flexibility index (Phi) is 6.30. The Hall–Kier alpha value is -1.46. The molecular weight excluding hydrogens is 350 g/mol. The van der Waals surface area contributed by atoms with Crippen molar-refractivity contribution >= 4 is 10.0 Å². The maximum absolute atomic E-state index is 12.9. The van der Waals surface area contributed by atoms with Gasteiger partial charge in [-0.15, -0.1) is 0 Å². The minimum Gasteiger partial charge on any atom is -0.380 e. The number of rotatable bonds is 6. The topological polar surface area (TPSA) is 73.6 Å². The molecule has 0 bridgehead atoms. The maximum atomic E-state index is 12.9. The predicted molar refractivity (Wildman–Crippen MR) is 99.1 cm³/mol. The summed E-state index contributed by atoms with van der Waals surface area (Å²) >= 11 is 0. The van der Waals surface area contributed by atoms with Gasteiger partial charge in [0.15, 0.2) is 0 Å². The predicted octanol–water partition coefficient (Wildman–Crippen LogP) is 2.07. The molecule has 0 amide bonds. The van der Waals surface area contributed by atoms with E-state index in [2.05, 4.69) is 4.90 Å². The quantitative estimate of drug-likeness (QED) is 0.759. The Morgan fingerprint density at radius 1 is 1.19 bits per heavy atom. The summed E-state index contributed by atoms with van der Waals surface area (Å²) in [5.41, 5.74) is 0.204. The van der Waals surface area contributed by atoms with Gasteiger partial charge in [0.05, 0.1) is 16.6 Å². The Labute approximate surface area is 156 Å². The van der Waals surface area contributed by atoms with E-state index in [9.17, 15) is 13.7 Å². The third-order valence-electron chi connectivity index (χ3n) is 5.62. The first kappa shape index (κ1) is 19.3. The largest absolute Gasteiger partial charge is 0.380 e. The van der Waals surface area contributed by atoms with Gasteiger partial charge < -0.3 is 4.74 Å². The van der Waals surface area contributed by atoms with Crippen LogP contribution in [-0.2, 0) is 14.8 Å². The average molecular weight is 378 g/mol. The number of hydrogen-bond donors (Lipinski definition) is 0. The SMILES string of the molecule is COC(CN1CCN(S(=O)(=O)c2ccccc2C#N)CC1)C1CCCC1. The molecule has 7 heteroatoms. The van der Waals surface area contributed by atoms with Gasteiger partial charge in [-0.05, 0) is 30.9 Å². The van der Waals surface area contributed by atoms with Crippen molar-refractivity contribution in [1.29, 1.82) is 5.26 Å². The summed E-state index contributed by atoms with van der Waals surface area (Å²) in [6, 6.07) is 8.39. The van der Waals surface area contributed by atoms with E-state index in [1.807, 2.05) is 6.07 Å². The van der Waals surface area contributed by atoms with E-state index in [1.54, 1.807) is 25.3 Å². The van der Waals surface area contributed by atoms with Crippen molar-refractivity contribution in [3.63, 3.8) is 0 Å². The highest BCUT2D eigenvalue weighted by Gasteiger charge is 2.32. The van der Waals surface area contributed by atoms with Crippen LogP contribution in [0, 0.1) is 17.2 Å². The molecule has 1 aromatic carbocycles. The zero-order valence-corrected chi connectivity index (χ0v) is 16.1. The number of ether oxygens (including phenoxy) is 1. The minimum absolute atomic E-state index is 0.108. The number of methoxy groups -OCH3 is 1. The maximum Gasteiger partial charge on any atom is 0.244 e. The van der Waals surface area contributed by atoms with Gasteiger partial charge in [0.25, 0.3) is 0 Å². The van der Waals surface area contributed by atoms with Crippen LogP contribution in [0.4, 0.5) is 0 Å². The summed E-state index contributed by atoms with van der Waals surface area (Å²) in [5.74, 6) is 0.629. The molecule has 1 aliphatic carbocycles. The van der Waals surface area contributed by atoms with Crippen molar-refractivity contribution in [2.75, 3.05) is 39.8 Å². The summed E-state index contributed by atoms with van der Waals surface area (Å²) in [6.45, 7) is 3.15. The molecule has 0 radical (unpaired) electrons. The second-order valence-electron chi connectivity index (χ2n) is 7.13. The van der Waals surface area contributed by atoms with Crippen molar-refractivity contribution in [2.45, 2.75) is 36.7 Å². The highest BCUT2D eigenvalue weighted by molar-refractivity contribution is 7.89. The lowest BCUT2D eigenvalue weighted by atomic mass is 10.00. The molecule has 1 atom stereocenters. The Balaban J connectivity index is 1.62. The summed E-state index contributed by atoms with van der Waals surface area (Å²) in [7, 11) is -1.84. The lowest BCUT2D eigenvalue weighted by Crippen LogP contribution is -2.51. The summed E-state index contributed by atoms with van der Waals surface area (Å²) in [5, 5.41) is 9.20. The fourth-order valence-electron chi connectivity index (χ4n) is 4.08.